The van der Waals surface area contributed by atoms with Crippen molar-refractivity contribution in [3.8, 4) is 16.9 Å². The fraction of sp³-hybridized carbons (Fsp3) is 0.368. The third-order valence-electron chi connectivity index (χ3n) is 4.11. The average molecular weight is 359 g/mol. The number of hydrogen-bond donors (Lipinski definition) is 1. The van der Waals surface area contributed by atoms with E-state index in [4.69, 9.17) is 9.47 Å². The molecule has 3 rings (SSSR count). The van der Waals surface area contributed by atoms with Gasteiger partial charge in [-0.25, -0.2) is 4.79 Å². The second kappa shape index (κ2) is 7.27. The molecule has 1 fully saturated rings. The molecule has 0 spiro atoms. The molecule has 1 saturated carbocycles. The van der Waals surface area contributed by atoms with Crippen LogP contribution in [0.1, 0.15) is 35.0 Å². The van der Waals surface area contributed by atoms with Crippen molar-refractivity contribution < 1.29 is 19.1 Å². The SMILES string of the molecule is CCOc1ccc(-c2c(C)sc(NC(=O)C3CC3)c2C(=O)OC)cc1. The maximum Gasteiger partial charge on any atom is 0.341 e. The highest BCUT2D eigenvalue weighted by Gasteiger charge is 2.32. The van der Waals surface area contributed by atoms with Crippen molar-refractivity contribution >= 4 is 28.2 Å². The number of anilines is 1. The lowest BCUT2D eigenvalue weighted by atomic mass is 10.0. The Balaban J connectivity index is 2.00. The van der Waals surface area contributed by atoms with Crippen LogP contribution in [0.2, 0.25) is 0 Å². The molecule has 1 amide bonds. The molecule has 0 saturated heterocycles. The van der Waals surface area contributed by atoms with Gasteiger partial charge in [0.1, 0.15) is 16.3 Å². The van der Waals surface area contributed by atoms with Gasteiger partial charge in [0.05, 0.1) is 13.7 Å². The number of amides is 1. The van der Waals surface area contributed by atoms with Crippen LogP contribution in [0, 0.1) is 12.8 Å². The predicted molar refractivity (Wildman–Crippen MR) is 98.4 cm³/mol. The number of benzene rings is 1. The van der Waals surface area contributed by atoms with E-state index >= 15 is 0 Å². The summed E-state index contributed by atoms with van der Waals surface area (Å²) in [5, 5.41) is 3.46. The van der Waals surface area contributed by atoms with Crippen LogP contribution in [0.3, 0.4) is 0 Å². The van der Waals surface area contributed by atoms with Crippen molar-refractivity contribution in [2.45, 2.75) is 26.7 Å². The maximum atomic E-state index is 12.4. The van der Waals surface area contributed by atoms with Crippen LogP contribution in [0.25, 0.3) is 11.1 Å². The van der Waals surface area contributed by atoms with Crippen LogP contribution in [0.5, 0.6) is 5.75 Å². The Bertz CT molecular complexity index is 791. The quantitative estimate of drug-likeness (QED) is 0.783. The normalized spacial score (nSPS) is 13.4. The van der Waals surface area contributed by atoms with E-state index in [-0.39, 0.29) is 11.8 Å². The van der Waals surface area contributed by atoms with Crippen LogP contribution in [-0.4, -0.2) is 25.6 Å². The number of ether oxygens (including phenoxy) is 2. The van der Waals surface area contributed by atoms with E-state index in [1.54, 1.807) is 0 Å². The average Bonchev–Trinajstić information content (AvgIpc) is 3.40. The Kier molecular flexibility index (Phi) is 5.08. The summed E-state index contributed by atoms with van der Waals surface area (Å²) < 4.78 is 10.4. The van der Waals surface area contributed by atoms with Crippen molar-refractivity contribution in [1.82, 2.24) is 0 Å². The number of carbonyl (C=O) groups excluding carboxylic acids is 2. The Morgan fingerprint density at radius 2 is 1.92 bits per heavy atom. The van der Waals surface area contributed by atoms with Crippen LogP contribution in [0.4, 0.5) is 5.00 Å². The highest BCUT2D eigenvalue weighted by atomic mass is 32.1. The van der Waals surface area contributed by atoms with Gasteiger partial charge in [0.2, 0.25) is 5.91 Å². The summed E-state index contributed by atoms with van der Waals surface area (Å²) >= 11 is 1.40. The first-order valence-electron chi connectivity index (χ1n) is 8.31. The van der Waals surface area contributed by atoms with Gasteiger partial charge in [-0.05, 0) is 44.4 Å². The Hall–Kier alpha value is -2.34. The number of esters is 1. The first-order valence-corrected chi connectivity index (χ1v) is 9.12. The Morgan fingerprint density at radius 1 is 1.24 bits per heavy atom. The minimum absolute atomic E-state index is 0.0235. The van der Waals surface area contributed by atoms with E-state index in [1.165, 1.54) is 18.4 Å². The topological polar surface area (TPSA) is 64.6 Å². The molecule has 2 aromatic rings. The van der Waals surface area contributed by atoms with Gasteiger partial charge in [-0.1, -0.05) is 12.1 Å². The van der Waals surface area contributed by atoms with Gasteiger partial charge < -0.3 is 14.8 Å². The zero-order chi connectivity index (χ0) is 18.0. The van der Waals surface area contributed by atoms with Crippen molar-refractivity contribution in [3.05, 3.63) is 34.7 Å². The van der Waals surface area contributed by atoms with E-state index in [0.29, 0.717) is 17.2 Å². The standard InChI is InChI=1S/C19H21NO4S/c1-4-24-14-9-7-12(8-10-14)15-11(2)25-18(16(15)19(22)23-3)20-17(21)13-5-6-13/h7-10,13H,4-6H2,1-3H3,(H,20,21). The lowest BCUT2D eigenvalue weighted by Gasteiger charge is -2.09. The molecular formula is C19H21NO4S. The molecule has 0 radical (unpaired) electrons. The Labute approximate surface area is 151 Å². The summed E-state index contributed by atoms with van der Waals surface area (Å²) in [6, 6.07) is 7.58. The maximum absolute atomic E-state index is 12.4. The molecule has 6 heteroatoms. The van der Waals surface area contributed by atoms with E-state index in [9.17, 15) is 9.59 Å². The first-order chi connectivity index (χ1) is 12.0. The molecule has 5 nitrogen and oxygen atoms in total. The summed E-state index contributed by atoms with van der Waals surface area (Å²) in [7, 11) is 1.35. The highest BCUT2D eigenvalue weighted by Crippen LogP contribution is 2.41. The number of carbonyl (C=O) groups is 2. The van der Waals surface area contributed by atoms with Gasteiger partial charge >= 0.3 is 5.97 Å². The van der Waals surface area contributed by atoms with Crippen LogP contribution in [0.15, 0.2) is 24.3 Å². The number of methoxy groups -OCH3 is 1. The summed E-state index contributed by atoms with van der Waals surface area (Å²) in [5.41, 5.74) is 2.11. The molecular weight excluding hydrogens is 338 g/mol. The zero-order valence-corrected chi connectivity index (χ0v) is 15.4. The third kappa shape index (κ3) is 3.69. The van der Waals surface area contributed by atoms with Crippen molar-refractivity contribution in [3.63, 3.8) is 0 Å². The van der Waals surface area contributed by atoms with Crippen molar-refractivity contribution in [1.29, 1.82) is 0 Å². The molecule has 1 N–H and O–H groups in total. The van der Waals surface area contributed by atoms with Crippen molar-refractivity contribution in [2.24, 2.45) is 5.92 Å². The summed E-state index contributed by atoms with van der Waals surface area (Å²) in [6.45, 7) is 4.47. The van der Waals surface area contributed by atoms with Gasteiger partial charge in [-0.15, -0.1) is 11.3 Å². The van der Waals surface area contributed by atoms with Gasteiger partial charge in [0, 0.05) is 16.4 Å². The molecule has 1 aliphatic carbocycles. The lowest BCUT2D eigenvalue weighted by molar-refractivity contribution is -0.117. The van der Waals surface area contributed by atoms with E-state index in [2.05, 4.69) is 5.32 Å². The number of nitrogens with one attached hydrogen (secondary N) is 1. The highest BCUT2D eigenvalue weighted by molar-refractivity contribution is 7.17. The number of thiophene rings is 1. The van der Waals surface area contributed by atoms with Gasteiger partial charge in [0.15, 0.2) is 0 Å². The molecule has 0 unspecified atom stereocenters. The van der Waals surface area contributed by atoms with Crippen LogP contribution in [-0.2, 0) is 9.53 Å². The van der Waals surface area contributed by atoms with Gasteiger partial charge in [-0.3, -0.25) is 4.79 Å². The second-order valence-electron chi connectivity index (χ2n) is 5.95. The molecule has 1 aromatic heterocycles. The lowest BCUT2D eigenvalue weighted by Crippen LogP contribution is -2.15. The zero-order valence-electron chi connectivity index (χ0n) is 14.5. The predicted octanol–water partition coefficient (Wildman–Crippen LogP) is 4.26. The first kappa shape index (κ1) is 17.5. The molecule has 132 valence electrons. The monoisotopic (exact) mass is 359 g/mol. The minimum atomic E-state index is -0.445. The smallest absolute Gasteiger partial charge is 0.341 e. The minimum Gasteiger partial charge on any atom is -0.494 e. The summed E-state index contributed by atoms with van der Waals surface area (Å²) in [4.78, 5) is 25.5. The molecule has 25 heavy (non-hydrogen) atoms. The van der Waals surface area contributed by atoms with Crippen LogP contribution < -0.4 is 10.1 Å². The molecule has 1 aliphatic rings. The molecule has 1 aromatic carbocycles. The number of aryl methyl sites for hydroxylation is 1. The fourth-order valence-electron chi connectivity index (χ4n) is 2.72. The van der Waals surface area contributed by atoms with E-state index in [0.717, 1.165) is 34.6 Å². The van der Waals surface area contributed by atoms with Gasteiger partial charge in [-0.2, -0.15) is 0 Å². The third-order valence-corrected chi connectivity index (χ3v) is 5.13. The second-order valence-corrected chi connectivity index (χ2v) is 7.17. The molecule has 1 heterocycles. The number of rotatable bonds is 6. The molecule has 0 bridgehead atoms. The van der Waals surface area contributed by atoms with Crippen LogP contribution >= 0.6 is 11.3 Å². The Morgan fingerprint density at radius 3 is 2.48 bits per heavy atom. The summed E-state index contributed by atoms with van der Waals surface area (Å²) in [6.07, 6.45) is 1.82. The molecule has 0 aliphatic heterocycles. The summed E-state index contributed by atoms with van der Waals surface area (Å²) in [5.74, 6) is 0.381. The number of hydrogen-bond acceptors (Lipinski definition) is 5. The van der Waals surface area contributed by atoms with E-state index in [1.807, 2.05) is 38.1 Å². The van der Waals surface area contributed by atoms with Gasteiger partial charge in [0.25, 0.3) is 0 Å². The molecule has 0 atom stereocenters. The van der Waals surface area contributed by atoms with E-state index < -0.39 is 5.97 Å². The fourth-order valence-corrected chi connectivity index (χ4v) is 3.79. The van der Waals surface area contributed by atoms with Crippen molar-refractivity contribution in [2.75, 3.05) is 19.0 Å². The largest absolute Gasteiger partial charge is 0.494 e.